The largest absolute Gasteiger partial charge is 0.454 e. The number of nitrogens with one attached hydrogen (secondary N) is 1. The summed E-state index contributed by atoms with van der Waals surface area (Å²) in [5.41, 5.74) is 7.76. The third-order valence-electron chi connectivity index (χ3n) is 2.76. The number of ether oxygens (including phenoxy) is 1. The van der Waals surface area contributed by atoms with Crippen LogP contribution in [0.15, 0.2) is 34.8 Å². The predicted octanol–water partition coefficient (Wildman–Crippen LogP) is 4.28. The number of halogens is 2. The average Bonchev–Trinajstić information content (AvgIpc) is 2.33. The van der Waals surface area contributed by atoms with E-state index >= 15 is 0 Å². The van der Waals surface area contributed by atoms with Gasteiger partial charge in [0, 0.05) is 5.56 Å². The van der Waals surface area contributed by atoms with Crippen molar-refractivity contribution < 1.29 is 9.13 Å². The smallest absolute Gasteiger partial charge is 0.180 e. The lowest BCUT2D eigenvalue weighted by Gasteiger charge is -2.11. The minimum Gasteiger partial charge on any atom is -0.454 e. The highest BCUT2D eigenvalue weighted by Gasteiger charge is 2.14. The summed E-state index contributed by atoms with van der Waals surface area (Å²) >= 11 is 3.10. The number of nitrogen functional groups attached to an aromatic ring is 1. The molecule has 0 unspecified atom stereocenters. The van der Waals surface area contributed by atoms with Crippen LogP contribution in [0.2, 0.25) is 0 Å². The molecule has 0 spiro atoms. The van der Waals surface area contributed by atoms with Gasteiger partial charge < -0.3 is 10.5 Å². The quantitative estimate of drug-likeness (QED) is 0.649. The molecule has 0 fully saturated rings. The summed E-state index contributed by atoms with van der Waals surface area (Å²) < 4.78 is 19.9. The maximum absolute atomic E-state index is 14.2. The van der Waals surface area contributed by atoms with Crippen LogP contribution in [-0.2, 0) is 0 Å². The molecule has 2 rings (SSSR count). The Labute approximate surface area is 125 Å². The Bertz CT molecular complexity index is 666. The van der Waals surface area contributed by atoms with Gasteiger partial charge in [-0.05, 0) is 65.2 Å². The second-order valence-corrected chi connectivity index (χ2v) is 5.37. The summed E-state index contributed by atoms with van der Waals surface area (Å²) in [5, 5.41) is 7.36. The second-order valence-electron chi connectivity index (χ2n) is 4.58. The van der Waals surface area contributed by atoms with E-state index in [9.17, 15) is 4.39 Å². The molecule has 2 aromatic rings. The van der Waals surface area contributed by atoms with Gasteiger partial charge in [-0.3, -0.25) is 5.41 Å². The highest BCUT2D eigenvalue weighted by molar-refractivity contribution is 9.10. The van der Waals surface area contributed by atoms with Crippen LogP contribution in [0, 0.1) is 25.1 Å². The van der Waals surface area contributed by atoms with Crippen molar-refractivity contribution in [2.24, 2.45) is 5.73 Å². The minimum atomic E-state index is -0.572. The first kappa shape index (κ1) is 14.5. The van der Waals surface area contributed by atoms with Crippen LogP contribution in [0.5, 0.6) is 11.5 Å². The first-order valence-electron chi connectivity index (χ1n) is 5.97. The van der Waals surface area contributed by atoms with Crippen molar-refractivity contribution >= 4 is 21.8 Å². The fraction of sp³-hybridized carbons (Fsp3) is 0.133. The Morgan fingerprint density at radius 2 is 1.80 bits per heavy atom. The number of hydrogen-bond donors (Lipinski definition) is 2. The summed E-state index contributed by atoms with van der Waals surface area (Å²) in [6.45, 7) is 3.90. The molecular weight excluding hydrogens is 323 g/mol. The van der Waals surface area contributed by atoms with Crippen molar-refractivity contribution in [3.05, 3.63) is 57.3 Å². The normalized spacial score (nSPS) is 10.4. The maximum Gasteiger partial charge on any atom is 0.180 e. The monoisotopic (exact) mass is 336 g/mol. The van der Waals surface area contributed by atoms with Crippen LogP contribution >= 0.6 is 15.9 Å². The Kier molecular flexibility index (Phi) is 4.09. The first-order valence-corrected chi connectivity index (χ1v) is 6.76. The van der Waals surface area contributed by atoms with Gasteiger partial charge >= 0.3 is 0 Å². The van der Waals surface area contributed by atoms with Gasteiger partial charge in [0.15, 0.2) is 11.6 Å². The molecule has 0 bridgehead atoms. The molecule has 20 heavy (non-hydrogen) atoms. The van der Waals surface area contributed by atoms with Gasteiger partial charge in [0.2, 0.25) is 0 Å². The van der Waals surface area contributed by atoms with Gasteiger partial charge in [0.05, 0.1) is 4.47 Å². The fourth-order valence-electron chi connectivity index (χ4n) is 1.94. The van der Waals surface area contributed by atoms with Crippen LogP contribution in [-0.4, -0.2) is 5.84 Å². The van der Waals surface area contributed by atoms with E-state index in [2.05, 4.69) is 15.9 Å². The molecule has 2 aromatic carbocycles. The van der Waals surface area contributed by atoms with Crippen LogP contribution in [0.4, 0.5) is 4.39 Å². The molecular formula is C15H14BrFN2O. The molecule has 0 aliphatic heterocycles. The average molecular weight is 337 g/mol. The summed E-state index contributed by atoms with van der Waals surface area (Å²) in [5.74, 6) is -0.110. The molecule has 0 saturated heterocycles. The second kappa shape index (κ2) is 5.63. The van der Waals surface area contributed by atoms with Crippen LogP contribution < -0.4 is 10.5 Å². The molecule has 104 valence electrons. The van der Waals surface area contributed by atoms with Gasteiger partial charge in [0.1, 0.15) is 11.6 Å². The van der Waals surface area contributed by atoms with Crippen LogP contribution in [0.1, 0.15) is 16.7 Å². The third-order valence-corrected chi connectivity index (χ3v) is 3.54. The lowest BCUT2D eigenvalue weighted by molar-refractivity contribution is 0.439. The fourth-order valence-corrected chi connectivity index (χ4v) is 2.48. The van der Waals surface area contributed by atoms with Gasteiger partial charge in [-0.25, -0.2) is 4.39 Å². The lowest BCUT2D eigenvalue weighted by atomic mass is 10.1. The van der Waals surface area contributed by atoms with E-state index in [-0.39, 0.29) is 16.1 Å². The van der Waals surface area contributed by atoms with Crippen molar-refractivity contribution in [1.29, 1.82) is 5.41 Å². The zero-order valence-electron chi connectivity index (χ0n) is 11.1. The molecule has 3 N–H and O–H groups in total. The zero-order valence-corrected chi connectivity index (χ0v) is 12.7. The summed E-state index contributed by atoms with van der Waals surface area (Å²) in [6.07, 6.45) is 0. The van der Waals surface area contributed by atoms with E-state index in [1.807, 2.05) is 32.0 Å². The molecule has 0 heterocycles. The molecule has 3 nitrogen and oxygen atoms in total. The number of aryl methyl sites for hydroxylation is 2. The highest BCUT2D eigenvalue weighted by atomic mass is 79.9. The van der Waals surface area contributed by atoms with Gasteiger partial charge in [-0.1, -0.05) is 6.07 Å². The van der Waals surface area contributed by atoms with Crippen LogP contribution in [0.25, 0.3) is 0 Å². The Hall–Kier alpha value is -1.88. The standard InChI is InChI=1S/C15H14BrFN2O/c1-8-5-9(2)7-10(6-8)20-12-4-3-11(15(18)19)13(16)14(12)17/h3-7H,1-2H3,(H3,18,19). The van der Waals surface area contributed by atoms with Crippen molar-refractivity contribution in [2.75, 3.05) is 0 Å². The maximum atomic E-state index is 14.2. The number of hydrogen-bond acceptors (Lipinski definition) is 2. The number of benzene rings is 2. The molecule has 0 saturated carbocycles. The molecule has 0 radical (unpaired) electrons. The molecule has 0 aliphatic carbocycles. The van der Waals surface area contributed by atoms with Crippen molar-refractivity contribution in [2.45, 2.75) is 13.8 Å². The molecule has 0 aromatic heterocycles. The lowest BCUT2D eigenvalue weighted by Crippen LogP contribution is -2.12. The molecule has 5 heteroatoms. The van der Waals surface area contributed by atoms with Gasteiger partial charge in [0.25, 0.3) is 0 Å². The van der Waals surface area contributed by atoms with E-state index in [0.717, 1.165) is 11.1 Å². The minimum absolute atomic E-state index is 0.0897. The third kappa shape index (κ3) is 2.99. The molecule has 0 aliphatic rings. The Morgan fingerprint density at radius 3 is 2.35 bits per heavy atom. The summed E-state index contributed by atoms with van der Waals surface area (Å²) in [7, 11) is 0. The summed E-state index contributed by atoms with van der Waals surface area (Å²) in [4.78, 5) is 0. The van der Waals surface area contributed by atoms with Crippen molar-refractivity contribution in [1.82, 2.24) is 0 Å². The van der Waals surface area contributed by atoms with E-state index in [0.29, 0.717) is 11.3 Å². The number of rotatable bonds is 3. The highest BCUT2D eigenvalue weighted by Crippen LogP contribution is 2.32. The van der Waals surface area contributed by atoms with Gasteiger partial charge in [-0.2, -0.15) is 0 Å². The molecule has 0 atom stereocenters. The van der Waals surface area contributed by atoms with Crippen molar-refractivity contribution in [3.63, 3.8) is 0 Å². The van der Waals surface area contributed by atoms with E-state index in [1.165, 1.54) is 6.07 Å². The Morgan fingerprint density at radius 1 is 1.20 bits per heavy atom. The number of amidine groups is 1. The SMILES string of the molecule is Cc1cc(C)cc(Oc2ccc(C(=N)N)c(Br)c2F)c1. The topological polar surface area (TPSA) is 59.1 Å². The van der Waals surface area contributed by atoms with E-state index in [4.69, 9.17) is 15.9 Å². The zero-order chi connectivity index (χ0) is 14.9. The van der Waals surface area contributed by atoms with Crippen molar-refractivity contribution in [3.8, 4) is 11.5 Å². The predicted molar refractivity (Wildman–Crippen MR) is 81.1 cm³/mol. The summed E-state index contributed by atoms with van der Waals surface area (Å²) in [6, 6.07) is 8.69. The van der Waals surface area contributed by atoms with Gasteiger partial charge in [-0.15, -0.1) is 0 Å². The number of nitrogens with two attached hydrogens (primary N) is 1. The van der Waals surface area contributed by atoms with Crippen LogP contribution in [0.3, 0.4) is 0 Å². The first-order chi connectivity index (χ1) is 9.38. The van der Waals surface area contributed by atoms with E-state index < -0.39 is 5.82 Å². The Balaban J connectivity index is 2.39. The molecule has 0 amide bonds. The van der Waals surface area contributed by atoms with E-state index in [1.54, 1.807) is 6.07 Å².